The molecule has 3 nitrogen and oxygen atoms in total. The van der Waals surface area contributed by atoms with Gasteiger partial charge in [0.05, 0.1) is 0 Å². The van der Waals surface area contributed by atoms with Crippen LogP contribution in [0.2, 0.25) is 0 Å². The molecular formula is C13H23N3S. The van der Waals surface area contributed by atoms with E-state index in [1.165, 1.54) is 37.2 Å². The summed E-state index contributed by atoms with van der Waals surface area (Å²) < 4.78 is 0. The van der Waals surface area contributed by atoms with E-state index in [0.717, 1.165) is 18.4 Å². The molecule has 1 unspecified atom stereocenters. The highest BCUT2D eigenvalue weighted by Crippen LogP contribution is 2.25. The molecule has 0 bridgehead atoms. The monoisotopic (exact) mass is 253 g/mol. The van der Waals surface area contributed by atoms with Crippen LogP contribution in [0.4, 0.5) is 5.13 Å². The molecule has 1 aliphatic heterocycles. The van der Waals surface area contributed by atoms with Crippen molar-refractivity contribution in [3.8, 4) is 0 Å². The van der Waals surface area contributed by atoms with Gasteiger partial charge in [-0.2, -0.15) is 0 Å². The summed E-state index contributed by atoms with van der Waals surface area (Å²) in [4.78, 5) is 7.98. The van der Waals surface area contributed by atoms with Gasteiger partial charge in [-0.1, -0.05) is 13.8 Å². The van der Waals surface area contributed by atoms with E-state index in [2.05, 4.69) is 23.7 Å². The fourth-order valence-electron chi connectivity index (χ4n) is 2.77. The number of piperidine rings is 1. The molecule has 1 saturated heterocycles. The van der Waals surface area contributed by atoms with Gasteiger partial charge in [-0.15, -0.1) is 11.3 Å². The van der Waals surface area contributed by atoms with Crippen molar-refractivity contribution in [1.29, 1.82) is 0 Å². The standard InChI is InChI=1S/C13H23N3S/c1-10(2)6-11-4-3-5-16(8-11)9-12-7-15-13(14)17-12/h7,10-11H,3-6,8-9H2,1-2H3,(H2,14,15). The summed E-state index contributed by atoms with van der Waals surface area (Å²) in [6.45, 7) is 8.15. The number of thiazole rings is 1. The van der Waals surface area contributed by atoms with Crippen LogP contribution in [0.15, 0.2) is 6.20 Å². The summed E-state index contributed by atoms with van der Waals surface area (Å²) in [5, 5.41) is 0.690. The Morgan fingerprint density at radius 2 is 2.41 bits per heavy atom. The molecule has 0 aromatic carbocycles. The van der Waals surface area contributed by atoms with E-state index in [4.69, 9.17) is 5.73 Å². The molecule has 2 rings (SSSR count). The lowest BCUT2D eigenvalue weighted by Gasteiger charge is -2.33. The zero-order valence-electron chi connectivity index (χ0n) is 10.9. The van der Waals surface area contributed by atoms with Crippen molar-refractivity contribution >= 4 is 16.5 Å². The van der Waals surface area contributed by atoms with Gasteiger partial charge in [-0.05, 0) is 37.6 Å². The van der Waals surface area contributed by atoms with Crippen molar-refractivity contribution < 1.29 is 0 Å². The highest BCUT2D eigenvalue weighted by atomic mass is 32.1. The number of nitrogens with zero attached hydrogens (tertiary/aromatic N) is 2. The summed E-state index contributed by atoms with van der Waals surface area (Å²) >= 11 is 1.62. The first-order valence-electron chi connectivity index (χ1n) is 6.56. The van der Waals surface area contributed by atoms with Gasteiger partial charge in [-0.25, -0.2) is 4.98 Å². The molecule has 1 fully saturated rings. The van der Waals surface area contributed by atoms with Crippen molar-refractivity contribution in [2.45, 2.75) is 39.7 Å². The second-order valence-corrected chi connectivity index (χ2v) is 6.68. The van der Waals surface area contributed by atoms with E-state index >= 15 is 0 Å². The summed E-state index contributed by atoms with van der Waals surface area (Å²) in [6, 6.07) is 0. The van der Waals surface area contributed by atoms with Gasteiger partial charge < -0.3 is 5.73 Å². The van der Waals surface area contributed by atoms with Gasteiger partial charge in [0.2, 0.25) is 0 Å². The number of likely N-dealkylation sites (tertiary alicyclic amines) is 1. The van der Waals surface area contributed by atoms with E-state index in [9.17, 15) is 0 Å². The molecular weight excluding hydrogens is 230 g/mol. The maximum atomic E-state index is 5.67. The molecule has 1 aromatic heterocycles. The third-order valence-electron chi connectivity index (χ3n) is 3.36. The number of anilines is 1. The van der Waals surface area contributed by atoms with Gasteiger partial charge in [0.1, 0.15) is 0 Å². The Labute approximate surface area is 108 Å². The quantitative estimate of drug-likeness (QED) is 0.897. The summed E-state index contributed by atoms with van der Waals surface area (Å²) in [5.41, 5.74) is 5.67. The van der Waals surface area contributed by atoms with Gasteiger partial charge in [0.15, 0.2) is 5.13 Å². The molecule has 2 heterocycles. The predicted molar refractivity (Wildman–Crippen MR) is 74.0 cm³/mol. The van der Waals surface area contributed by atoms with Gasteiger partial charge >= 0.3 is 0 Å². The lowest BCUT2D eigenvalue weighted by molar-refractivity contribution is 0.154. The highest BCUT2D eigenvalue weighted by molar-refractivity contribution is 7.15. The van der Waals surface area contributed by atoms with E-state index < -0.39 is 0 Å². The fraction of sp³-hybridized carbons (Fsp3) is 0.769. The van der Waals surface area contributed by atoms with Crippen LogP contribution in [0.25, 0.3) is 0 Å². The number of nitrogen functional groups attached to an aromatic ring is 1. The van der Waals surface area contributed by atoms with Crippen LogP contribution in [0, 0.1) is 11.8 Å². The third-order valence-corrected chi connectivity index (χ3v) is 4.17. The molecule has 0 saturated carbocycles. The SMILES string of the molecule is CC(C)CC1CCCN(Cc2cnc(N)s2)C1. The Balaban J connectivity index is 1.85. The van der Waals surface area contributed by atoms with Crippen LogP contribution < -0.4 is 5.73 Å². The Bertz CT molecular complexity index is 348. The second-order valence-electron chi connectivity index (χ2n) is 5.54. The molecule has 96 valence electrons. The molecule has 0 amide bonds. The Hall–Kier alpha value is -0.610. The third kappa shape index (κ3) is 3.96. The minimum absolute atomic E-state index is 0.690. The Kier molecular flexibility index (Phi) is 4.40. The second kappa shape index (κ2) is 5.83. The van der Waals surface area contributed by atoms with Crippen LogP contribution >= 0.6 is 11.3 Å². The highest BCUT2D eigenvalue weighted by Gasteiger charge is 2.21. The lowest BCUT2D eigenvalue weighted by Crippen LogP contribution is -2.35. The molecule has 0 spiro atoms. The number of nitrogens with two attached hydrogens (primary N) is 1. The van der Waals surface area contributed by atoms with Gasteiger partial charge in [0.25, 0.3) is 0 Å². The van der Waals surface area contributed by atoms with Crippen LogP contribution in [-0.2, 0) is 6.54 Å². The first-order valence-corrected chi connectivity index (χ1v) is 7.37. The number of hydrogen-bond acceptors (Lipinski definition) is 4. The largest absolute Gasteiger partial charge is 0.375 e. The van der Waals surface area contributed by atoms with E-state index in [1.807, 2.05) is 6.20 Å². The average Bonchev–Trinajstić information content (AvgIpc) is 2.63. The molecule has 2 N–H and O–H groups in total. The minimum Gasteiger partial charge on any atom is -0.375 e. The van der Waals surface area contributed by atoms with Gasteiger partial charge in [0, 0.05) is 24.2 Å². The van der Waals surface area contributed by atoms with Crippen molar-refractivity contribution in [1.82, 2.24) is 9.88 Å². The van der Waals surface area contributed by atoms with E-state index in [1.54, 1.807) is 11.3 Å². The number of hydrogen-bond donors (Lipinski definition) is 1. The minimum atomic E-state index is 0.690. The van der Waals surface area contributed by atoms with Gasteiger partial charge in [-0.3, -0.25) is 4.90 Å². The van der Waals surface area contributed by atoms with Crippen LogP contribution in [0.1, 0.15) is 38.0 Å². The summed E-state index contributed by atoms with van der Waals surface area (Å²) in [5.74, 6) is 1.70. The average molecular weight is 253 g/mol. The zero-order chi connectivity index (χ0) is 12.3. The first kappa shape index (κ1) is 12.8. The molecule has 4 heteroatoms. The summed E-state index contributed by atoms with van der Waals surface area (Å²) in [7, 11) is 0. The fourth-order valence-corrected chi connectivity index (χ4v) is 3.50. The van der Waals surface area contributed by atoms with E-state index in [0.29, 0.717) is 5.13 Å². The number of aromatic nitrogens is 1. The van der Waals surface area contributed by atoms with Crippen LogP contribution in [-0.4, -0.2) is 23.0 Å². The lowest BCUT2D eigenvalue weighted by atomic mass is 9.90. The maximum absolute atomic E-state index is 5.67. The maximum Gasteiger partial charge on any atom is 0.180 e. The molecule has 0 radical (unpaired) electrons. The topological polar surface area (TPSA) is 42.2 Å². The molecule has 1 aromatic rings. The smallest absolute Gasteiger partial charge is 0.180 e. The predicted octanol–water partition coefficient (Wildman–Crippen LogP) is 2.98. The molecule has 0 aliphatic carbocycles. The zero-order valence-corrected chi connectivity index (χ0v) is 11.7. The van der Waals surface area contributed by atoms with Crippen molar-refractivity contribution in [3.63, 3.8) is 0 Å². The van der Waals surface area contributed by atoms with Crippen LogP contribution in [0.5, 0.6) is 0 Å². The Morgan fingerprint density at radius 3 is 3.06 bits per heavy atom. The molecule has 1 aliphatic rings. The van der Waals surface area contributed by atoms with Crippen LogP contribution in [0.3, 0.4) is 0 Å². The number of rotatable bonds is 4. The van der Waals surface area contributed by atoms with Crippen molar-refractivity contribution in [2.75, 3.05) is 18.8 Å². The van der Waals surface area contributed by atoms with Crippen molar-refractivity contribution in [3.05, 3.63) is 11.1 Å². The molecule has 1 atom stereocenters. The molecule has 17 heavy (non-hydrogen) atoms. The normalized spacial score (nSPS) is 22.2. The van der Waals surface area contributed by atoms with E-state index in [-0.39, 0.29) is 0 Å². The first-order chi connectivity index (χ1) is 8.13. The Morgan fingerprint density at radius 1 is 1.59 bits per heavy atom. The van der Waals surface area contributed by atoms with Crippen molar-refractivity contribution in [2.24, 2.45) is 11.8 Å². The summed E-state index contributed by atoms with van der Waals surface area (Å²) in [6.07, 6.45) is 6.03.